The van der Waals surface area contributed by atoms with E-state index in [1.807, 2.05) is 12.1 Å². The summed E-state index contributed by atoms with van der Waals surface area (Å²) in [5.74, 6) is 0.419. The molecule has 0 bridgehead atoms. The van der Waals surface area contributed by atoms with Gasteiger partial charge in [-0.2, -0.15) is 0 Å². The van der Waals surface area contributed by atoms with E-state index in [-0.39, 0.29) is 5.82 Å². The summed E-state index contributed by atoms with van der Waals surface area (Å²) in [7, 11) is 0. The third-order valence-electron chi connectivity index (χ3n) is 2.47. The Labute approximate surface area is 116 Å². The van der Waals surface area contributed by atoms with Gasteiger partial charge in [0.2, 0.25) is 0 Å². The van der Waals surface area contributed by atoms with E-state index in [9.17, 15) is 4.39 Å². The standard InChI is InChI=1S/C14H15ClFN3/c1-2-4-17-14-9-12(3-5-18-14)19-13-7-10(15)6-11(16)8-13/h3,5-9H,2,4H2,1H3,(H2,17,18,19). The molecule has 0 saturated carbocycles. The Hall–Kier alpha value is -1.81. The lowest BCUT2D eigenvalue weighted by Gasteiger charge is -2.09. The van der Waals surface area contributed by atoms with Crippen molar-refractivity contribution in [2.45, 2.75) is 13.3 Å². The molecule has 0 spiro atoms. The molecule has 0 radical (unpaired) electrons. The first-order valence-corrected chi connectivity index (χ1v) is 6.48. The molecule has 1 heterocycles. The van der Waals surface area contributed by atoms with E-state index in [2.05, 4.69) is 22.5 Å². The Morgan fingerprint density at radius 2 is 2.05 bits per heavy atom. The van der Waals surface area contributed by atoms with Gasteiger partial charge in [0.15, 0.2) is 0 Å². The van der Waals surface area contributed by atoms with Gasteiger partial charge in [0.25, 0.3) is 0 Å². The minimum Gasteiger partial charge on any atom is -0.370 e. The normalized spacial score (nSPS) is 10.3. The number of nitrogens with one attached hydrogen (secondary N) is 2. The van der Waals surface area contributed by atoms with Gasteiger partial charge in [-0.15, -0.1) is 0 Å². The van der Waals surface area contributed by atoms with Crippen LogP contribution in [0, 0.1) is 5.82 Å². The number of anilines is 3. The van der Waals surface area contributed by atoms with E-state index in [4.69, 9.17) is 11.6 Å². The molecular weight excluding hydrogens is 265 g/mol. The summed E-state index contributed by atoms with van der Waals surface area (Å²) in [5.41, 5.74) is 1.44. The second-order valence-electron chi connectivity index (χ2n) is 4.14. The summed E-state index contributed by atoms with van der Waals surface area (Å²) in [5, 5.41) is 6.65. The molecule has 0 aliphatic heterocycles. The van der Waals surface area contributed by atoms with Gasteiger partial charge < -0.3 is 10.6 Å². The first-order valence-electron chi connectivity index (χ1n) is 6.10. The van der Waals surface area contributed by atoms with E-state index >= 15 is 0 Å². The topological polar surface area (TPSA) is 37.0 Å². The highest BCUT2D eigenvalue weighted by Crippen LogP contribution is 2.22. The van der Waals surface area contributed by atoms with Crippen LogP contribution in [0.4, 0.5) is 21.6 Å². The predicted molar refractivity (Wildman–Crippen MR) is 77.7 cm³/mol. The first-order chi connectivity index (χ1) is 9.17. The Morgan fingerprint density at radius 3 is 2.79 bits per heavy atom. The average Bonchev–Trinajstić information content (AvgIpc) is 2.35. The highest BCUT2D eigenvalue weighted by atomic mass is 35.5. The zero-order valence-corrected chi connectivity index (χ0v) is 11.3. The van der Waals surface area contributed by atoms with Crippen molar-refractivity contribution in [1.82, 2.24) is 4.98 Å². The van der Waals surface area contributed by atoms with Crippen LogP contribution in [0.25, 0.3) is 0 Å². The molecule has 19 heavy (non-hydrogen) atoms. The summed E-state index contributed by atoms with van der Waals surface area (Å²) >= 11 is 5.81. The van der Waals surface area contributed by atoms with Crippen molar-refractivity contribution >= 4 is 28.8 Å². The van der Waals surface area contributed by atoms with Gasteiger partial charge in [-0.1, -0.05) is 18.5 Å². The van der Waals surface area contributed by atoms with Crippen LogP contribution in [0.15, 0.2) is 36.5 Å². The lowest BCUT2D eigenvalue weighted by Crippen LogP contribution is -2.02. The van der Waals surface area contributed by atoms with Gasteiger partial charge >= 0.3 is 0 Å². The Bertz CT molecular complexity index is 540. The van der Waals surface area contributed by atoms with E-state index in [1.165, 1.54) is 12.1 Å². The van der Waals surface area contributed by atoms with E-state index in [0.29, 0.717) is 10.7 Å². The molecule has 5 heteroatoms. The van der Waals surface area contributed by atoms with Crippen LogP contribution >= 0.6 is 11.6 Å². The Morgan fingerprint density at radius 1 is 1.21 bits per heavy atom. The van der Waals surface area contributed by atoms with Crippen LogP contribution in [-0.2, 0) is 0 Å². The van der Waals surface area contributed by atoms with Crippen molar-refractivity contribution < 1.29 is 4.39 Å². The minimum absolute atomic E-state index is 0.362. The van der Waals surface area contributed by atoms with Crippen LogP contribution in [0.1, 0.15) is 13.3 Å². The quantitative estimate of drug-likeness (QED) is 0.849. The molecule has 1 aromatic carbocycles. The van der Waals surface area contributed by atoms with Crippen LogP contribution in [0.3, 0.4) is 0 Å². The molecular formula is C14H15ClFN3. The molecule has 1 aromatic heterocycles. The van der Waals surface area contributed by atoms with Crippen molar-refractivity contribution in [3.8, 4) is 0 Å². The van der Waals surface area contributed by atoms with Crippen molar-refractivity contribution in [3.05, 3.63) is 47.4 Å². The van der Waals surface area contributed by atoms with Crippen molar-refractivity contribution in [2.75, 3.05) is 17.2 Å². The number of benzene rings is 1. The summed E-state index contributed by atoms with van der Waals surface area (Å²) in [4.78, 5) is 4.20. The van der Waals surface area contributed by atoms with E-state index in [1.54, 1.807) is 12.3 Å². The van der Waals surface area contributed by atoms with Crippen LogP contribution < -0.4 is 10.6 Å². The summed E-state index contributed by atoms with van der Waals surface area (Å²) < 4.78 is 13.2. The lowest BCUT2D eigenvalue weighted by molar-refractivity contribution is 0.628. The molecule has 0 saturated heterocycles. The number of halogens is 2. The largest absolute Gasteiger partial charge is 0.370 e. The fraction of sp³-hybridized carbons (Fsp3) is 0.214. The molecule has 2 rings (SSSR count). The predicted octanol–water partition coefficient (Wildman–Crippen LogP) is 4.44. The maximum Gasteiger partial charge on any atom is 0.127 e. The maximum absolute atomic E-state index is 13.2. The van der Waals surface area contributed by atoms with Crippen LogP contribution in [-0.4, -0.2) is 11.5 Å². The maximum atomic E-state index is 13.2. The molecule has 0 aliphatic carbocycles. The van der Waals surface area contributed by atoms with E-state index < -0.39 is 0 Å². The van der Waals surface area contributed by atoms with Gasteiger partial charge in [0.05, 0.1) is 0 Å². The molecule has 100 valence electrons. The highest BCUT2D eigenvalue weighted by Gasteiger charge is 2.01. The number of hydrogen-bond acceptors (Lipinski definition) is 3. The molecule has 0 atom stereocenters. The molecule has 0 aliphatic rings. The summed E-state index contributed by atoms with van der Waals surface area (Å²) in [6.45, 7) is 2.95. The first kappa shape index (κ1) is 13.6. The summed E-state index contributed by atoms with van der Waals surface area (Å²) in [6, 6.07) is 8.02. The number of pyridine rings is 1. The highest BCUT2D eigenvalue weighted by molar-refractivity contribution is 6.30. The van der Waals surface area contributed by atoms with Gasteiger partial charge in [-0.3, -0.25) is 0 Å². The number of nitrogens with zero attached hydrogens (tertiary/aromatic N) is 1. The monoisotopic (exact) mass is 279 g/mol. The smallest absolute Gasteiger partial charge is 0.127 e. The zero-order valence-electron chi connectivity index (χ0n) is 10.6. The molecule has 3 nitrogen and oxygen atoms in total. The number of hydrogen-bond donors (Lipinski definition) is 2. The Kier molecular flexibility index (Phi) is 4.58. The third-order valence-corrected chi connectivity index (χ3v) is 2.69. The van der Waals surface area contributed by atoms with Gasteiger partial charge in [-0.05, 0) is 30.7 Å². The molecule has 0 fully saturated rings. The summed E-state index contributed by atoms with van der Waals surface area (Å²) in [6.07, 6.45) is 2.72. The van der Waals surface area contributed by atoms with Gasteiger partial charge in [0, 0.05) is 35.2 Å². The number of rotatable bonds is 5. The molecule has 0 unspecified atom stereocenters. The van der Waals surface area contributed by atoms with Crippen LogP contribution in [0.2, 0.25) is 5.02 Å². The molecule has 2 aromatic rings. The molecule has 2 N–H and O–H groups in total. The fourth-order valence-electron chi connectivity index (χ4n) is 1.65. The Balaban J connectivity index is 2.13. The second kappa shape index (κ2) is 6.38. The third kappa shape index (κ3) is 4.10. The fourth-order valence-corrected chi connectivity index (χ4v) is 1.87. The molecule has 0 amide bonds. The van der Waals surface area contributed by atoms with Gasteiger partial charge in [-0.25, -0.2) is 9.37 Å². The van der Waals surface area contributed by atoms with Gasteiger partial charge in [0.1, 0.15) is 11.6 Å². The zero-order chi connectivity index (χ0) is 13.7. The van der Waals surface area contributed by atoms with Crippen molar-refractivity contribution in [1.29, 1.82) is 0 Å². The number of aromatic nitrogens is 1. The SMILES string of the molecule is CCCNc1cc(Nc2cc(F)cc(Cl)c2)ccn1. The van der Waals surface area contributed by atoms with Crippen LogP contribution in [0.5, 0.6) is 0 Å². The van der Waals surface area contributed by atoms with Crippen molar-refractivity contribution in [3.63, 3.8) is 0 Å². The second-order valence-corrected chi connectivity index (χ2v) is 4.58. The minimum atomic E-state index is -0.367. The lowest BCUT2D eigenvalue weighted by atomic mass is 10.3. The van der Waals surface area contributed by atoms with Crippen molar-refractivity contribution in [2.24, 2.45) is 0 Å². The van der Waals surface area contributed by atoms with E-state index in [0.717, 1.165) is 24.5 Å². The average molecular weight is 280 g/mol.